The summed E-state index contributed by atoms with van der Waals surface area (Å²) < 4.78 is 39.9. The SMILES string of the molecule is CCO.FC(F)(F)C1CCc2cnc3cc(Cl)nn3c21.O=CNc1cnc(-n2nccn2)c(Cl)c1. The maximum absolute atomic E-state index is 12.9. The molecule has 1 aliphatic carbocycles. The lowest BCUT2D eigenvalue weighted by molar-refractivity contribution is -0.150. The van der Waals surface area contributed by atoms with Crippen molar-refractivity contribution in [3.05, 3.63) is 58.4 Å². The van der Waals surface area contributed by atoms with Crippen molar-refractivity contribution < 1.29 is 23.1 Å². The molecule has 5 rings (SSSR count). The van der Waals surface area contributed by atoms with Crippen LogP contribution in [0.5, 0.6) is 0 Å². The summed E-state index contributed by atoms with van der Waals surface area (Å²) in [7, 11) is 0. The van der Waals surface area contributed by atoms with Gasteiger partial charge in [-0.2, -0.15) is 28.5 Å². The molecule has 0 fully saturated rings. The van der Waals surface area contributed by atoms with Crippen molar-refractivity contribution in [3.63, 3.8) is 0 Å². The molecule has 4 aromatic rings. The van der Waals surface area contributed by atoms with Crippen molar-refractivity contribution in [3.8, 4) is 5.82 Å². The molecule has 4 aromatic heterocycles. The van der Waals surface area contributed by atoms with Gasteiger partial charge < -0.3 is 10.4 Å². The number of halogens is 5. The number of rotatable bonds is 3. The normalized spacial score (nSPS) is 14.4. The number of aliphatic hydroxyl groups is 1. The van der Waals surface area contributed by atoms with E-state index in [4.69, 9.17) is 28.3 Å². The molecule has 10 nitrogen and oxygen atoms in total. The highest BCUT2D eigenvalue weighted by molar-refractivity contribution is 6.32. The van der Waals surface area contributed by atoms with Crippen molar-refractivity contribution in [2.45, 2.75) is 31.9 Å². The Bertz CT molecular complexity index is 1280. The Morgan fingerprint density at radius 2 is 1.89 bits per heavy atom. The van der Waals surface area contributed by atoms with E-state index < -0.39 is 12.1 Å². The summed E-state index contributed by atoms with van der Waals surface area (Å²) in [5.41, 5.74) is 1.64. The molecule has 0 saturated carbocycles. The standard InChI is InChI=1S/C10H7ClF3N3.C8H6ClN5O.C2H6O/c11-7-3-8-15-4-5-1-2-6(10(12,13)14)9(5)17(8)16-7;9-7-3-6(11-5-15)4-10-8(7)14-12-1-2-13-14;1-2-3/h3-4,6H,1-2H2;1-5H,(H,11,15);3H,2H2,1H3. The van der Waals surface area contributed by atoms with E-state index in [1.54, 1.807) is 13.0 Å². The average molecular weight is 531 g/mol. The quantitative estimate of drug-likeness (QED) is 0.385. The third kappa shape index (κ3) is 6.24. The van der Waals surface area contributed by atoms with Crippen LogP contribution in [-0.2, 0) is 11.2 Å². The largest absolute Gasteiger partial charge is 0.397 e. The molecule has 0 aromatic carbocycles. The summed E-state index contributed by atoms with van der Waals surface area (Å²) in [4.78, 5) is 19.5. The minimum absolute atomic E-state index is 0.0527. The van der Waals surface area contributed by atoms with Crippen LogP contribution in [0.15, 0.2) is 36.9 Å². The van der Waals surface area contributed by atoms with E-state index in [1.165, 1.54) is 40.2 Å². The summed E-state index contributed by atoms with van der Waals surface area (Å²) in [6.45, 7) is 1.93. The van der Waals surface area contributed by atoms with Gasteiger partial charge in [-0.1, -0.05) is 23.2 Å². The number of hydrogen-bond donors (Lipinski definition) is 2. The highest BCUT2D eigenvalue weighted by Crippen LogP contribution is 2.44. The Labute approximate surface area is 206 Å². The second kappa shape index (κ2) is 11.4. The fourth-order valence-corrected chi connectivity index (χ4v) is 3.74. The monoisotopic (exact) mass is 530 g/mol. The lowest BCUT2D eigenvalue weighted by Crippen LogP contribution is -2.21. The van der Waals surface area contributed by atoms with Gasteiger partial charge in [0.25, 0.3) is 0 Å². The zero-order chi connectivity index (χ0) is 25.6. The molecular weight excluding hydrogens is 512 g/mol. The van der Waals surface area contributed by atoms with E-state index in [0.29, 0.717) is 40.6 Å². The average Bonchev–Trinajstić information content (AvgIpc) is 3.53. The van der Waals surface area contributed by atoms with E-state index in [1.807, 2.05) is 0 Å². The number of nitrogens with one attached hydrogen (secondary N) is 1. The Morgan fingerprint density at radius 1 is 1.20 bits per heavy atom. The number of fused-ring (bicyclic) bond motifs is 3. The molecule has 35 heavy (non-hydrogen) atoms. The van der Waals surface area contributed by atoms with Gasteiger partial charge in [0.2, 0.25) is 6.41 Å². The first-order chi connectivity index (χ1) is 16.7. The second-order valence-electron chi connectivity index (χ2n) is 6.96. The topological polar surface area (TPSA) is 123 Å². The summed E-state index contributed by atoms with van der Waals surface area (Å²) in [5, 5.41) is 22.2. The molecule has 2 N–H and O–H groups in total. The van der Waals surface area contributed by atoms with Gasteiger partial charge in [0.15, 0.2) is 16.6 Å². The van der Waals surface area contributed by atoms with Crippen LogP contribution in [-0.4, -0.2) is 58.9 Å². The maximum atomic E-state index is 12.9. The Hall–Kier alpha value is -3.29. The number of aryl methyl sites for hydroxylation is 1. The van der Waals surface area contributed by atoms with Gasteiger partial charge >= 0.3 is 6.18 Å². The molecule has 0 saturated heterocycles. The Morgan fingerprint density at radius 3 is 2.49 bits per heavy atom. The number of alkyl halides is 3. The van der Waals surface area contributed by atoms with Crippen molar-refractivity contribution in [2.24, 2.45) is 0 Å². The molecule has 186 valence electrons. The summed E-state index contributed by atoms with van der Waals surface area (Å²) >= 11 is 11.6. The van der Waals surface area contributed by atoms with Gasteiger partial charge in [0.05, 0.1) is 40.9 Å². The minimum atomic E-state index is -4.25. The van der Waals surface area contributed by atoms with Crippen molar-refractivity contribution in [1.82, 2.24) is 34.6 Å². The van der Waals surface area contributed by atoms with Gasteiger partial charge in [-0.25, -0.2) is 14.5 Å². The molecule has 1 atom stereocenters. The van der Waals surface area contributed by atoms with Crippen LogP contribution in [0.4, 0.5) is 18.9 Å². The number of aliphatic hydroxyl groups excluding tert-OH is 1. The molecule has 0 bridgehead atoms. The number of aromatic nitrogens is 7. The minimum Gasteiger partial charge on any atom is -0.397 e. The van der Waals surface area contributed by atoms with E-state index >= 15 is 0 Å². The Balaban J connectivity index is 0.000000177. The number of carbonyl (C=O) groups excluding carboxylic acids is 1. The van der Waals surface area contributed by atoms with Crippen molar-refractivity contribution in [1.29, 1.82) is 0 Å². The zero-order valence-corrected chi connectivity index (χ0v) is 19.6. The Kier molecular flexibility index (Phi) is 8.59. The predicted molar refractivity (Wildman–Crippen MR) is 122 cm³/mol. The molecule has 1 aliphatic rings. The predicted octanol–water partition coefficient (Wildman–Crippen LogP) is 3.86. The lowest BCUT2D eigenvalue weighted by Gasteiger charge is -2.16. The van der Waals surface area contributed by atoms with Crippen LogP contribution in [0.2, 0.25) is 10.2 Å². The van der Waals surface area contributed by atoms with E-state index in [9.17, 15) is 18.0 Å². The van der Waals surface area contributed by atoms with E-state index in [-0.39, 0.29) is 23.9 Å². The molecule has 1 amide bonds. The fourth-order valence-electron chi connectivity index (χ4n) is 3.33. The third-order valence-corrected chi connectivity index (χ3v) is 5.12. The fraction of sp³-hybridized carbons (Fsp3) is 0.300. The smallest absolute Gasteiger partial charge is 0.397 e. The molecule has 4 heterocycles. The van der Waals surface area contributed by atoms with E-state index in [2.05, 4.69) is 30.6 Å². The summed E-state index contributed by atoms with van der Waals surface area (Å²) in [5.74, 6) is -1.06. The number of nitrogens with zero attached hydrogens (tertiary/aromatic N) is 7. The number of amides is 1. The highest BCUT2D eigenvalue weighted by Gasteiger charge is 2.46. The van der Waals surface area contributed by atoms with Gasteiger partial charge in [-0.05, 0) is 31.4 Å². The van der Waals surface area contributed by atoms with Gasteiger partial charge in [0, 0.05) is 18.9 Å². The number of pyridine rings is 1. The van der Waals surface area contributed by atoms with Crippen LogP contribution in [0.3, 0.4) is 0 Å². The van der Waals surface area contributed by atoms with Crippen LogP contribution in [0.1, 0.15) is 30.5 Å². The lowest BCUT2D eigenvalue weighted by atomic mass is 10.1. The van der Waals surface area contributed by atoms with Gasteiger partial charge in [-0.3, -0.25) is 4.79 Å². The molecule has 15 heteroatoms. The van der Waals surface area contributed by atoms with Gasteiger partial charge in [-0.15, -0.1) is 4.80 Å². The third-order valence-electron chi connectivity index (χ3n) is 4.65. The number of anilines is 1. The molecular formula is C20H19Cl2F3N8O2. The van der Waals surface area contributed by atoms with E-state index in [0.717, 1.165) is 0 Å². The van der Waals surface area contributed by atoms with Crippen LogP contribution >= 0.6 is 23.2 Å². The second-order valence-corrected chi connectivity index (χ2v) is 7.76. The zero-order valence-electron chi connectivity index (χ0n) is 18.1. The van der Waals surface area contributed by atoms with Gasteiger partial charge in [0.1, 0.15) is 0 Å². The van der Waals surface area contributed by atoms with Crippen LogP contribution in [0.25, 0.3) is 11.5 Å². The summed E-state index contributed by atoms with van der Waals surface area (Å²) in [6, 6.07) is 3.02. The highest BCUT2D eigenvalue weighted by atomic mass is 35.5. The number of carbonyl (C=O) groups is 1. The van der Waals surface area contributed by atoms with Crippen LogP contribution in [0, 0.1) is 0 Å². The first-order valence-electron chi connectivity index (χ1n) is 10.1. The van der Waals surface area contributed by atoms with Crippen molar-refractivity contribution >= 4 is 40.9 Å². The van der Waals surface area contributed by atoms with Crippen molar-refractivity contribution in [2.75, 3.05) is 11.9 Å². The number of hydrogen-bond acceptors (Lipinski definition) is 7. The first kappa shape index (κ1) is 26.3. The first-order valence-corrected chi connectivity index (χ1v) is 10.9. The molecule has 0 aliphatic heterocycles. The summed E-state index contributed by atoms with van der Waals surface area (Å²) in [6.07, 6.45) is 2.73. The molecule has 1 unspecified atom stereocenters. The maximum Gasteiger partial charge on any atom is 0.397 e. The molecule has 0 spiro atoms. The molecule has 0 radical (unpaired) electrons. The van der Waals surface area contributed by atoms with Crippen LogP contribution < -0.4 is 5.32 Å².